The zero-order chi connectivity index (χ0) is 13.8. The predicted octanol–water partition coefficient (Wildman–Crippen LogP) is 1.16. The number of nitrogens with one attached hydrogen (secondary N) is 1. The minimum Gasteiger partial charge on any atom is -0.356 e. The van der Waals surface area contributed by atoms with Gasteiger partial charge in [0.15, 0.2) is 14.9 Å². The molecule has 0 radical (unpaired) electrons. The average Bonchev–Trinajstić information content (AvgIpc) is 2.66. The van der Waals surface area contributed by atoms with Gasteiger partial charge in [0, 0.05) is 5.69 Å². The van der Waals surface area contributed by atoms with Crippen molar-refractivity contribution in [3.63, 3.8) is 0 Å². The molecule has 0 aromatic heterocycles. The quantitative estimate of drug-likeness (QED) is 0.788. The second-order valence-corrected chi connectivity index (χ2v) is 7.96. The van der Waals surface area contributed by atoms with E-state index in [1.807, 2.05) is 30.9 Å². The summed E-state index contributed by atoms with van der Waals surface area (Å²) in [7, 11) is -2.95. The Kier molecular flexibility index (Phi) is 2.83. The largest absolute Gasteiger partial charge is 0.356 e. The van der Waals surface area contributed by atoms with Gasteiger partial charge in [-0.3, -0.25) is 0 Å². The van der Waals surface area contributed by atoms with Crippen LogP contribution >= 0.6 is 12.2 Å². The average molecular weight is 296 g/mol. The van der Waals surface area contributed by atoms with E-state index in [0.717, 1.165) is 16.8 Å². The maximum atomic E-state index is 11.8. The molecule has 2 atom stereocenters. The Balaban J connectivity index is 2.02. The van der Waals surface area contributed by atoms with Gasteiger partial charge in [0.2, 0.25) is 0 Å². The molecule has 0 saturated carbocycles. The third-order valence-corrected chi connectivity index (χ3v) is 5.70. The molecule has 0 bridgehead atoms. The molecule has 19 heavy (non-hydrogen) atoms. The van der Waals surface area contributed by atoms with Gasteiger partial charge >= 0.3 is 0 Å². The van der Waals surface area contributed by atoms with Crippen LogP contribution in [-0.2, 0) is 9.84 Å². The number of hydrogen-bond acceptors (Lipinski definition) is 3. The molecular weight excluding hydrogens is 280 g/mol. The van der Waals surface area contributed by atoms with Gasteiger partial charge in [-0.25, -0.2) is 8.42 Å². The fraction of sp³-hybridized carbons (Fsp3) is 0.462. The monoisotopic (exact) mass is 296 g/mol. The lowest BCUT2D eigenvalue weighted by molar-refractivity contribution is 0.600. The zero-order valence-electron chi connectivity index (χ0n) is 10.9. The van der Waals surface area contributed by atoms with Crippen molar-refractivity contribution < 1.29 is 8.42 Å². The Morgan fingerprint density at radius 3 is 2.47 bits per heavy atom. The van der Waals surface area contributed by atoms with E-state index in [-0.39, 0.29) is 23.6 Å². The summed E-state index contributed by atoms with van der Waals surface area (Å²) in [6.07, 6.45) is 0. The molecule has 0 amide bonds. The standard InChI is InChI=1S/C13H16N2O2S2/c1-8-3-9(2)5-10(4-8)15-12-7-19(16,17)6-11(12)14-13(15)18/h3-5,11-12H,6-7H2,1-2H3,(H,14,18). The Labute approximate surface area is 118 Å². The van der Waals surface area contributed by atoms with E-state index in [2.05, 4.69) is 11.4 Å². The molecule has 1 aromatic carbocycles. The van der Waals surface area contributed by atoms with Gasteiger partial charge in [-0.2, -0.15) is 0 Å². The number of sulfone groups is 1. The molecule has 0 aliphatic carbocycles. The molecule has 2 heterocycles. The number of nitrogens with zero attached hydrogens (tertiary/aromatic N) is 1. The van der Waals surface area contributed by atoms with Crippen molar-refractivity contribution in [1.82, 2.24) is 5.32 Å². The van der Waals surface area contributed by atoms with Gasteiger partial charge in [0.1, 0.15) is 0 Å². The highest BCUT2D eigenvalue weighted by Gasteiger charge is 2.47. The molecule has 2 aliphatic heterocycles. The third-order valence-electron chi connectivity index (χ3n) is 3.67. The van der Waals surface area contributed by atoms with Crippen molar-refractivity contribution in [2.24, 2.45) is 0 Å². The second kappa shape index (κ2) is 4.18. The van der Waals surface area contributed by atoms with Crippen LogP contribution in [0.4, 0.5) is 5.69 Å². The van der Waals surface area contributed by atoms with Crippen LogP contribution in [0.15, 0.2) is 18.2 Å². The van der Waals surface area contributed by atoms with E-state index in [9.17, 15) is 8.42 Å². The highest BCUT2D eigenvalue weighted by atomic mass is 32.2. The molecule has 2 fully saturated rings. The van der Waals surface area contributed by atoms with Gasteiger partial charge in [-0.1, -0.05) is 6.07 Å². The summed E-state index contributed by atoms with van der Waals surface area (Å²) in [6.45, 7) is 4.07. The Hall–Kier alpha value is -1.14. The molecule has 102 valence electrons. The first-order valence-corrected chi connectivity index (χ1v) is 8.47. The molecule has 6 heteroatoms. The number of fused-ring (bicyclic) bond motifs is 1. The maximum Gasteiger partial charge on any atom is 0.174 e. The smallest absolute Gasteiger partial charge is 0.174 e. The molecule has 3 rings (SSSR count). The SMILES string of the molecule is Cc1cc(C)cc(N2C(=S)NC3CS(=O)(=O)CC32)c1. The number of hydrogen-bond donors (Lipinski definition) is 1. The predicted molar refractivity (Wildman–Crippen MR) is 80.4 cm³/mol. The Morgan fingerprint density at radius 1 is 1.21 bits per heavy atom. The summed E-state index contributed by atoms with van der Waals surface area (Å²) in [4.78, 5) is 1.96. The van der Waals surface area contributed by atoms with Crippen LogP contribution < -0.4 is 10.2 Å². The van der Waals surface area contributed by atoms with E-state index in [0.29, 0.717) is 5.11 Å². The van der Waals surface area contributed by atoms with Gasteiger partial charge < -0.3 is 10.2 Å². The van der Waals surface area contributed by atoms with E-state index in [1.165, 1.54) is 0 Å². The lowest BCUT2D eigenvalue weighted by atomic mass is 10.1. The van der Waals surface area contributed by atoms with Gasteiger partial charge in [0.05, 0.1) is 23.6 Å². The number of anilines is 1. The molecule has 0 spiro atoms. The first-order chi connectivity index (χ1) is 8.85. The molecule has 2 saturated heterocycles. The van der Waals surface area contributed by atoms with Crippen LogP contribution in [0.1, 0.15) is 11.1 Å². The lowest BCUT2D eigenvalue weighted by Gasteiger charge is -2.24. The summed E-state index contributed by atoms with van der Waals surface area (Å²) in [6, 6.07) is 6.05. The molecule has 2 unspecified atom stereocenters. The van der Waals surface area contributed by atoms with Crippen molar-refractivity contribution in [1.29, 1.82) is 0 Å². The van der Waals surface area contributed by atoms with E-state index < -0.39 is 9.84 Å². The molecule has 1 N–H and O–H groups in total. The van der Waals surface area contributed by atoms with Crippen molar-refractivity contribution in [3.8, 4) is 0 Å². The molecule has 4 nitrogen and oxygen atoms in total. The van der Waals surface area contributed by atoms with Crippen LogP contribution in [0.5, 0.6) is 0 Å². The van der Waals surface area contributed by atoms with Gasteiger partial charge in [0.25, 0.3) is 0 Å². The number of rotatable bonds is 1. The zero-order valence-corrected chi connectivity index (χ0v) is 12.5. The molecular formula is C13H16N2O2S2. The molecule has 1 aromatic rings. The van der Waals surface area contributed by atoms with Crippen LogP contribution in [0.25, 0.3) is 0 Å². The van der Waals surface area contributed by atoms with Crippen molar-refractivity contribution in [3.05, 3.63) is 29.3 Å². The summed E-state index contributed by atoms with van der Waals surface area (Å²) in [5.41, 5.74) is 3.30. The fourth-order valence-electron chi connectivity index (χ4n) is 3.00. The maximum absolute atomic E-state index is 11.8. The minimum atomic E-state index is -2.95. The molecule has 2 aliphatic rings. The fourth-order valence-corrected chi connectivity index (χ4v) is 5.28. The van der Waals surface area contributed by atoms with Crippen LogP contribution in [0.3, 0.4) is 0 Å². The second-order valence-electron chi connectivity index (χ2n) is 5.42. The van der Waals surface area contributed by atoms with Crippen molar-refractivity contribution in [2.75, 3.05) is 16.4 Å². The third kappa shape index (κ3) is 2.23. The number of benzene rings is 1. The number of thiocarbonyl (C=S) groups is 1. The van der Waals surface area contributed by atoms with E-state index in [1.54, 1.807) is 0 Å². The lowest BCUT2D eigenvalue weighted by Crippen LogP contribution is -2.36. The Bertz CT molecular complexity index is 634. The highest BCUT2D eigenvalue weighted by Crippen LogP contribution is 2.30. The Morgan fingerprint density at radius 2 is 1.84 bits per heavy atom. The summed E-state index contributed by atoms with van der Waals surface area (Å²) in [5.74, 6) is 0.358. The normalized spacial score (nSPS) is 28.3. The highest BCUT2D eigenvalue weighted by molar-refractivity contribution is 7.91. The van der Waals surface area contributed by atoms with Crippen LogP contribution in [0.2, 0.25) is 0 Å². The van der Waals surface area contributed by atoms with E-state index >= 15 is 0 Å². The summed E-state index contributed by atoms with van der Waals surface area (Å²) in [5, 5.41) is 3.77. The van der Waals surface area contributed by atoms with Gasteiger partial charge in [-0.15, -0.1) is 0 Å². The first kappa shape index (κ1) is 12.9. The summed E-state index contributed by atoms with van der Waals surface area (Å²) < 4.78 is 23.5. The van der Waals surface area contributed by atoms with Crippen LogP contribution in [0, 0.1) is 13.8 Å². The van der Waals surface area contributed by atoms with Crippen LogP contribution in [-0.4, -0.2) is 37.1 Å². The van der Waals surface area contributed by atoms with Crippen molar-refractivity contribution in [2.45, 2.75) is 25.9 Å². The minimum absolute atomic E-state index is 0.0706. The van der Waals surface area contributed by atoms with Gasteiger partial charge in [-0.05, 0) is 49.3 Å². The van der Waals surface area contributed by atoms with E-state index in [4.69, 9.17) is 12.2 Å². The first-order valence-electron chi connectivity index (χ1n) is 6.24. The summed E-state index contributed by atoms with van der Waals surface area (Å²) >= 11 is 5.36. The van der Waals surface area contributed by atoms with Crippen molar-refractivity contribution >= 4 is 32.9 Å². The number of aryl methyl sites for hydroxylation is 2. The topological polar surface area (TPSA) is 49.4 Å².